The smallest absolute Gasteiger partial charge is 0.0897 e. The Balaban J connectivity index is 2.15. The van der Waals surface area contributed by atoms with Crippen molar-refractivity contribution in [3.8, 4) is 0 Å². The van der Waals surface area contributed by atoms with Crippen LogP contribution in [0.1, 0.15) is 17.1 Å². The van der Waals surface area contributed by atoms with E-state index in [4.69, 9.17) is 0 Å². The fourth-order valence-corrected chi connectivity index (χ4v) is 1.89. The van der Waals surface area contributed by atoms with Crippen LogP contribution in [0.4, 0.5) is 0 Å². The third-order valence-corrected chi connectivity index (χ3v) is 3.04. The number of hydrogen-bond donors (Lipinski definition) is 1. The van der Waals surface area contributed by atoms with E-state index < -0.39 is 0 Å². The van der Waals surface area contributed by atoms with Crippen molar-refractivity contribution >= 4 is 33.9 Å². The summed E-state index contributed by atoms with van der Waals surface area (Å²) < 4.78 is 1.22. The van der Waals surface area contributed by atoms with Gasteiger partial charge in [-0.25, -0.2) is 4.98 Å². The number of hydrogen-bond acceptors (Lipinski definition) is 3. The van der Waals surface area contributed by atoms with Gasteiger partial charge in [0.25, 0.3) is 0 Å². The number of aromatic nitrogens is 1. The fraction of sp³-hybridized carbons (Fsp3) is 0.625. The van der Waals surface area contributed by atoms with Gasteiger partial charge >= 0.3 is 0 Å². The van der Waals surface area contributed by atoms with Crippen molar-refractivity contribution in [2.75, 3.05) is 11.0 Å². The minimum atomic E-state index is 0.918. The normalized spacial score (nSPS) is 10.5. The first-order valence-corrected chi connectivity index (χ1v) is 6.41. The number of halogens is 1. The van der Waals surface area contributed by atoms with Gasteiger partial charge < -0.3 is 5.32 Å². The maximum Gasteiger partial charge on any atom is 0.0897 e. The molecule has 0 saturated heterocycles. The number of thiazole rings is 1. The van der Waals surface area contributed by atoms with Gasteiger partial charge in [-0.05, 0) is 19.9 Å². The standard InChI is InChI=1S/C8H13IN2S/c1-7-11-8(6-12-7)5-10-4-2-3-9/h6,10H,2-5H2,1H3. The third-order valence-electron chi connectivity index (χ3n) is 1.46. The summed E-state index contributed by atoms with van der Waals surface area (Å²) in [5.74, 6) is 0. The van der Waals surface area contributed by atoms with E-state index in [-0.39, 0.29) is 0 Å². The van der Waals surface area contributed by atoms with Gasteiger partial charge in [0, 0.05) is 16.4 Å². The first-order valence-electron chi connectivity index (χ1n) is 4.00. The van der Waals surface area contributed by atoms with Gasteiger partial charge in [0.15, 0.2) is 0 Å². The Hall–Kier alpha value is 0.320. The number of rotatable bonds is 5. The Kier molecular flexibility index (Phi) is 5.10. The van der Waals surface area contributed by atoms with Gasteiger partial charge in [0.05, 0.1) is 10.7 Å². The Labute approximate surface area is 90.9 Å². The molecule has 68 valence electrons. The van der Waals surface area contributed by atoms with Crippen LogP contribution in [0.3, 0.4) is 0 Å². The molecule has 1 heterocycles. The van der Waals surface area contributed by atoms with E-state index in [2.05, 4.69) is 38.3 Å². The molecule has 0 unspecified atom stereocenters. The van der Waals surface area contributed by atoms with Gasteiger partial charge in [0.2, 0.25) is 0 Å². The summed E-state index contributed by atoms with van der Waals surface area (Å²) in [7, 11) is 0. The van der Waals surface area contributed by atoms with Crippen LogP contribution in [-0.4, -0.2) is 16.0 Å². The predicted molar refractivity (Wildman–Crippen MR) is 62.1 cm³/mol. The molecule has 0 spiro atoms. The summed E-state index contributed by atoms with van der Waals surface area (Å²) in [4.78, 5) is 4.36. The second-order valence-electron chi connectivity index (χ2n) is 2.58. The Morgan fingerprint density at radius 1 is 1.67 bits per heavy atom. The zero-order valence-corrected chi connectivity index (χ0v) is 10.1. The molecular formula is C8H13IN2S. The molecule has 4 heteroatoms. The van der Waals surface area contributed by atoms with Crippen LogP contribution in [-0.2, 0) is 6.54 Å². The average molecular weight is 296 g/mol. The van der Waals surface area contributed by atoms with E-state index in [0.717, 1.165) is 18.1 Å². The van der Waals surface area contributed by atoms with Crippen molar-refractivity contribution in [1.29, 1.82) is 0 Å². The molecule has 0 aliphatic carbocycles. The second-order valence-corrected chi connectivity index (χ2v) is 4.72. The second kappa shape index (κ2) is 5.88. The largest absolute Gasteiger partial charge is 0.311 e. The van der Waals surface area contributed by atoms with Crippen LogP contribution in [0.25, 0.3) is 0 Å². The van der Waals surface area contributed by atoms with Gasteiger partial charge in [-0.3, -0.25) is 0 Å². The summed E-state index contributed by atoms with van der Waals surface area (Å²) in [6, 6.07) is 0. The molecule has 0 atom stereocenters. The molecule has 0 saturated carbocycles. The molecule has 0 amide bonds. The summed E-state index contributed by atoms with van der Waals surface area (Å²) in [6.07, 6.45) is 1.24. The number of alkyl halides is 1. The summed E-state index contributed by atoms with van der Waals surface area (Å²) in [5.41, 5.74) is 1.17. The lowest BCUT2D eigenvalue weighted by molar-refractivity contribution is 0.672. The van der Waals surface area contributed by atoms with Crippen LogP contribution in [0, 0.1) is 6.92 Å². The fourth-order valence-electron chi connectivity index (χ4n) is 0.898. The molecule has 0 bridgehead atoms. The highest BCUT2D eigenvalue weighted by Crippen LogP contribution is 2.06. The zero-order valence-electron chi connectivity index (χ0n) is 7.14. The Morgan fingerprint density at radius 3 is 3.08 bits per heavy atom. The van der Waals surface area contributed by atoms with Gasteiger partial charge in [0.1, 0.15) is 0 Å². The highest BCUT2D eigenvalue weighted by Gasteiger charge is 1.95. The van der Waals surface area contributed by atoms with Crippen LogP contribution in [0.15, 0.2) is 5.38 Å². The number of nitrogens with zero attached hydrogens (tertiary/aromatic N) is 1. The van der Waals surface area contributed by atoms with Crippen LogP contribution in [0.2, 0.25) is 0 Å². The maximum atomic E-state index is 4.36. The third kappa shape index (κ3) is 3.82. The van der Waals surface area contributed by atoms with Gasteiger partial charge in [-0.1, -0.05) is 22.6 Å². The quantitative estimate of drug-likeness (QED) is 0.512. The molecule has 0 aliphatic rings. The predicted octanol–water partition coefficient (Wildman–Crippen LogP) is 2.37. The number of nitrogens with one attached hydrogen (secondary N) is 1. The molecular weight excluding hydrogens is 283 g/mol. The minimum Gasteiger partial charge on any atom is -0.311 e. The summed E-state index contributed by atoms with van der Waals surface area (Å²) >= 11 is 4.11. The Bertz CT molecular complexity index is 225. The lowest BCUT2D eigenvalue weighted by Gasteiger charge is -1.98. The van der Waals surface area contributed by atoms with Crippen molar-refractivity contribution in [2.24, 2.45) is 0 Å². The van der Waals surface area contributed by atoms with E-state index in [1.165, 1.54) is 16.5 Å². The SMILES string of the molecule is Cc1nc(CNCCCI)cs1. The minimum absolute atomic E-state index is 0.918. The summed E-state index contributed by atoms with van der Waals surface area (Å²) in [5, 5.41) is 6.63. The molecule has 0 radical (unpaired) electrons. The van der Waals surface area contributed by atoms with E-state index in [0.29, 0.717) is 0 Å². The van der Waals surface area contributed by atoms with Crippen molar-refractivity contribution in [3.05, 3.63) is 16.1 Å². The van der Waals surface area contributed by atoms with E-state index in [1.807, 2.05) is 6.92 Å². The van der Waals surface area contributed by atoms with Crippen molar-refractivity contribution < 1.29 is 0 Å². The maximum absolute atomic E-state index is 4.36. The molecule has 12 heavy (non-hydrogen) atoms. The van der Waals surface area contributed by atoms with E-state index in [1.54, 1.807) is 11.3 Å². The van der Waals surface area contributed by atoms with E-state index in [9.17, 15) is 0 Å². The topological polar surface area (TPSA) is 24.9 Å². The molecule has 1 aromatic heterocycles. The first kappa shape index (κ1) is 10.4. The zero-order chi connectivity index (χ0) is 8.81. The summed E-state index contributed by atoms with van der Waals surface area (Å²) in [6.45, 7) is 4.06. The van der Waals surface area contributed by atoms with Crippen LogP contribution >= 0.6 is 33.9 Å². The van der Waals surface area contributed by atoms with Crippen molar-refractivity contribution in [2.45, 2.75) is 19.9 Å². The molecule has 1 rings (SSSR count). The lowest BCUT2D eigenvalue weighted by Crippen LogP contribution is -2.15. The van der Waals surface area contributed by atoms with E-state index >= 15 is 0 Å². The Morgan fingerprint density at radius 2 is 2.50 bits per heavy atom. The van der Waals surface area contributed by atoms with Crippen molar-refractivity contribution in [3.63, 3.8) is 0 Å². The first-order chi connectivity index (χ1) is 5.83. The van der Waals surface area contributed by atoms with Crippen LogP contribution in [0.5, 0.6) is 0 Å². The number of aryl methyl sites for hydroxylation is 1. The monoisotopic (exact) mass is 296 g/mol. The van der Waals surface area contributed by atoms with Gasteiger partial charge in [-0.2, -0.15) is 0 Å². The van der Waals surface area contributed by atoms with Crippen molar-refractivity contribution in [1.82, 2.24) is 10.3 Å². The molecule has 0 fully saturated rings. The lowest BCUT2D eigenvalue weighted by atomic mass is 10.4. The molecule has 0 aromatic carbocycles. The molecule has 0 aliphatic heterocycles. The molecule has 2 nitrogen and oxygen atoms in total. The van der Waals surface area contributed by atoms with Crippen LogP contribution < -0.4 is 5.32 Å². The average Bonchev–Trinajstić information content (AvgIpc) is 2.45. The molecule has 1 aromatic rings. The molecule has 1 N–H and O–H groups in total. The van der Waals surface area contributed by atoms with Gasteiger partial charge in [-0.15, -0.1) is 11.3 Å². The highest BCUT2D eigenvalue weighted by molar-refractivity contribution is 14.1. The highest BCUT2D eigenvalue weighted by atomic mass is 127.